The van der Waals surface area contributed by atoms with Gasteiger partial charge in [0.2, 0.25) is 5.13 Å². The first-order chi connectivity index (χ1) is 9.31. The van der Waals surface area contributed by atoms with Gasteiger partial charge in [-0.2, -0.15) is 0 Å². The Morgan fingerprint density at radius 1 is 1.32 bits per heavy atom. The number of rotatable bonds is 4. The molecular weight excluding hydrogens is 258 g/mol. The average Bonchev–Trinajstić information content (AvgIpc) is 3.02. The Morgan fingerprint density at radius 2 is 2.16 bits per heavy atom. The number of benzene rings is 1. The Bertz CT molecular complexity index is 528. The molecule has 1 fully saturated rings. The fraction of sp³-hybridized carbons (Fsp3) is 0.429. The van der Waals surface area contributed by atoms with Crippen LogP contribution in [-0.2, 0) is 11.2 Å². The van der Waals surface area contributed by atoms with E-state index in [1.54, 1.807) is 11.3 Å². The second kappa shape index (κ2) is 5.67. The molecule has 0 radical (unpaired) electrons. The van der Waals surface area contributed by atoms with Crippen molar-refractivity contribution < 1.29 is 4.74 Å². The monoisotopic (exact) mass is 275 g/mol. The number of hydrogen-bond acceptors (Lipinski definition) is 5. The van der Waals surface area contributed by atoms with Gasteiger partial charge in [0.15, 0.2) is 0 Å². The lowest BCUT2D eigenvalue weighted by Gasteiger charge is -2.14. The van der Waals surface area contributed by atoms with Crippen molar-refractivity contribution in [2.45, 2.75) is 31.9 Å². The van der Waals surface area contributed by atoms with Gasteiger partial charge in [0.1, 0.15) is 5.01 Å². The van der Waals surface area contributed by atoms with Crippen molar-refractivity contribution in [1.82, 2.24) is 10.2 Å². The maximum absolute atomic E-state index is 5.53. The van der Waals surface area contributed by atoms with Gasteiger partial charge < -0.3 is 10.1 Å². The lowest BCUT2D eigenvalue weighted by molar-refractivity contribution is 0.121. The minimum absolute atomic E-state index is 0.251. The van der Waals surface area contributed by atoms with Crippen LogP contribution in [0.1, 0.15) is 23.9 Å². The molecule has 0 amide bonds. The first-order valence-corrected chi connectivity index (χ1v) is 7.37. The largest absolute Gasteiger partial charge is 0.376 e. The zero-order chi connectivity index (χ0) is 13.1. The Balaban J connectivity index is 1.63. The molecule has 0 saturated carbocycles. The Hall–Kier alpha value is -1.46. The predicted molar refractivity (Wildman–Crippen MR) is 76.6 cm³/mol. The summed E-state index contributed by atoms with van der Waals surface area (Å²) in [5.41, 5.74) is 1.27. The van der Waals surface area contributed by atoms with Gasteiger partial charge in [-0.25, -0.2) is 0 Å². The van der Waals surface area contributed by atoms with Crippen LogP contribution in [0.2, 0.25) is 0 Å². The maximum atomic E-state index is 5.53. The van der Waals surface area contributed by atoms with Crippen molar-refractivity contribution in [2.24, 2.45) is 0 Å². The second-order valence-corrected chi connectivity index (χ2v) is 5.84. The first kappa shape index (κ1) is 12.6. The number of aromatic nitrogens is 2. The molecule has 1 aliphatic heterocycles. The summed E-state index contributed by atoms with van der Waals surface area (Å²) in [5.74, 6) is 0. The van der Waals surface area contributed by atoms with Gasteiger partial charge in [-0.3, -0.25) is 0 Å². The van der Waals surface area contributed by atoms with E-state index in [0.29, 0.717) is 6.04 Å². The third-order valence-corrected chi connectivity index (χ3v) is 4.20. The van der Waals surface area contributed by atoms with E-state index in [1.165, 1.54) is 5.56 Å². The van der Waals surface area contributed by atoms with Crippen molar-refractivity contribution in [3.05, 3.63) is 40.9 Å². The van der Waals surface area contributed by atoms with Gasteiger partial charge in [0, 0.05) is 13.0 Å². The second-order valence-electron chi connectivity index (χ2n) is 4.78. The fourth-order valence-electron chi connectivity index (χ4n) is 2.23. The minimum Gasteiger partial charge on any atom is -0.376 e. The van der Waals surface area contributed by atoms with Gasteiger partial charge in [-0.1, -0.05) is 41.7 Å². The van der Waals surface area contributed by atoms with E-state index in [1.807, 2.05) is 18.2 Å². The molecule has 5 heteroatoms. The standard InChI is InChI=1S/C14H17N3OS/c1-10-12(7-8-18-10)15-14-17-16-13(19-14)9-11-5-3-2-4-6-11/h2-6,10,12H,7-9H2,1H3,(H,15,17). The third-order valence-electron chi connectivity index (χ3n) is 3.35. The van der Waals surface area contributed by atoms with Gasteiger partial charge in [-0.05, 0) is 18.9 Å². The smallest absolute Gasteiger partial charge is 0.205 e. The van der Waals surface area contributed by atoms with E-state index in [-0.39, 0.29) is 6.10 Å². The van der Waals surface area contributed by atoms with Crippen molar-refractivity contribution in [3.8, 4) is 0 Å². The quantitative estimate of drug-likeness (QED) is 0.932. The molecule has 1 aliphatic rings. The molecule has 2 heterocycles. The molecule has 0 spiro atoms. The van der Waals surface area contributed by atoms with Gasteiger partial charge in [0.25, 0.3) is 0 Å². The normalized spacial score (nSPS) is 22.6. The lowest BCUT2D eigenvalue weighted by atomic mass is 10.2. The molecule has 19 heavy (non-hydrogen) atoms. The first-order valence-electron chi connectivity index (χ1n) is 6.56. The van der Waals surface area contributed by atoms with Crippen molar-refractivity contribution in [2.75, 3.05) is 11.9 Å². The number of anilines is 1. The Kier molecular flexibility index (Phi) is 3.75. The average molecular weight is 275 g/mol. The van der Waals surface area contributed by atoms with Crippen LogP contribution in [0.3, 0.4) is 0 Å². The van der Waals surface area contributed by atoms with Crippen LogP contribution in [0.4, 0.5) is 5.13 Å². The molecule has 2 atom stereocenters. The molecule has 1 saturated heterocycles. The zero-order valence-corrected chi connectivity index (χ0v) is 11.7. The van der Waals surface area contributed by atoms with E-state index in [4.69, 9.17) is 4.74 Å². The molecule has 0 bridgehead atoms. The molecule has 1 N–H and O–H groups in total. The molecule has 1 aromatic heterocycles. The Morgan fingerprint density at radius 3 is 2.89 bits per heavy atom. The number of nitrogens with one attached hydrogen (secondary N) is 1. The van der Waals surface area contributed by atoms with Crippen molar-refractivity contribution >= 4 is 16.5 Å². The summed E-state index contributed by atoms with van der Waals surface area (Å²) in [4.78, 5) is 0. The van der Waals surface area contributed by atoms with Gasteiger partial charge in [-0.15, -0.1) is 10.2 Å². The zero-order valence-electron chi connectivity index (χ0n) is 10.9. The highest BCUT2D eigenvalue weighted by Gasteiger charge is 2.24. The number of ether oxygens (including phenoxy) is 1. The highest BCUT2D eigenvalue weighted by atomic mass is 32.1. The van der Waals surface area contributed by atoms with Crippen LogP contribution in [-0.4, -0.2) is 29.0 Å². The van der Waals surface area contributed by atoms with Crippen LogP contribution < -0.4 is 5.32 Å². The molecule has 3 rings (SSSR count). The summed E-state index contributed by atoms with van der Waals surface area (Å²) in [5, 5.41) is 13.8. The van der Waals surface area contributed by atoms with Crippen LogP contribution in [0.15, 0.2) is 30.3 Å². The molecule has 2 unspecified atom stereocenters. The topological polar surface area (TPSA) is 47.0 Å². The number of nitrogens with zero attached hydrogens (tertiary/aromatic N) is 2. The molecule has 4 nitrogen and oxygen atoms in total. The van der Waals surface area contributed by atoms with E-state index >= 15 is 0 Å². The summed E-state index contributed by atoms with van der Waals surface area (Å²) in [6.07, 6.45) is 2.13. The van der Waals surface area contributed by atoms with E-state index < -0.39 is 0 Å². The third kappa shape index (κ3) is 3.11. The maximum Gasteiger partial charge on any atom is 0.205 e. The SMILES string of the molecule is CC1OCCC1Nc1nnc(Cc2ccccc2)s1. The summed E-state index contributed by atoms with van der Waals surface area (Å²) in [6, 6.07) is 10.7. The minimum atomic E-state index is 0.251. The van der Waals surface area contributed by atoms with Crippen LogP contribution >= 0.6 is 11.3 Å². The molecule has 2 aromatic rings. The van der Waals surface area contributed by atoms with Crippen LogP contribution in [0.25, 0.3) is 0 Å². The highest BCUT2D eigenvalue weighted by molar-refractivity contribution is 7.15. The summed E-state index contributed by atoms with van der Waals surface area (Å²) < 4.78 is 5.53. The number of hydrogen-bond donors (Lipinski definition) is 1. The predicted octanol–water partition coefficient (Wildman–Crippen LogP) is 2.72. The lowest BCUT2D eigenvalue weighted by Crippen LogP contribution is -2.26. The van der Waals surface area contributed by atoms with E-state index in [0.717, 1.165) is 29.6 Å². The van der Waals surface area contributed by atoms with Crippen molar-refractivity contribution in [3.63, 3.8) is 0 Å². The molecule has 1 aromatic carbocycles. The van der Waals surface area contributed by atoms with Crippen LogP contribution in [0.5, 0.6) is 0 Å². The van der Waals surface area contributed by atoms with E-state index in [9.17, 15) is 0 Å². The Labute approximate surface area is 116 Å². The van der Waals surface area contributed by atoms with Crippen molar-refractivity contribution in [1.29, 1.82) is 0 Å². The highest BCUT2D eigenvalue weighted by Crippen LogP contribution is 2.23. The van der Waals surface area contributed by atoms with Gasteiger partial charge >= 0.3 is 0 Å². The molecule has 0 aliphatic carbocycles. The fourth-order valence-corrected chi connectivity index (χ4v) is 3.07. The summed E-state index contributed by atoms with van der Waals surface area (Å²) in [7, 11) is 0. The van der Waals surface area contributed by atoms with E-state index in [2.05, 4.69) is 34.6 Å². The summed E-state index contributed by atoms with van der Waals surface area (Å²) in [6.45, 7) is 2.92. The molecule has 100 valence electrons. The van der Waals surface area contributed by atoms with Crippen LogP contribution in [0, 0.1) is 0 Å². The molecular formula is C14H17N3OS. The summed E-state index contributed by atoms with van der Waals surface area (Å²) >= 11 is 1.63. The van der Waals surface area contributed by atoms with Gasteiger partial charge in [0.05, 0.1) is 12.1 Å².